The molecule has 0 aromatic carbocycles. The Morgan fingerprint density at radius 1 is 1.50 bits per heavy atom. The van der Waals surface area contributed by atoms with Crippen LogP contribution in [-0.2, 0) is 4.79 Å². The van der Waals surface area contributed by atoms with E-state index in [-0.39, 0.29) is 17.9 Å². The van der Waals surface area contributed by atoms with E-state index in [2.05, 4.69) is 5.32 Å². The Labute approximate surface area is 62.0 Å². The van der Waals surface area contributed by atoms with Gasteiger partial charge in [-0.25, -0.2) is 0 Å². The molecule has 0 bridgehead atoms. The van der Waals surface area contributed by atoms with E-state index < -0.39 is 0 Å². The SMILES string of the molecule is CC(C)(C)NCC(=O)CN. The first-order chi connectivity index (χ1) is 4.45. The van der Waals surface area contributed by atoms with Crippen LogP contribution in [0.2, 0.25) is 0 Å². The predicted octanol–water partition coefficient (Wildman–Crippen LogP) is -0.0977. The van der Waals surface area contributed by atoms with E-state index in [4.69, 9.17) is 5.73 Å². The molecule has 10 heavy (non-hydrogen) atoms. The molecule has 0 radical (unpaired) electrons. The monoisotopic (exact) mass is 144 g/mol. The van der Waals surface area contributed by atoms with Crippen LogP contribution in [0.25, 0.3) is 0 Å². The van der Waals surface area contributed by atoms with Crippen LogP contribution in [0.1, 0.15) is 20.8 Å². The van der Waals surface area contributed by atoms with Crippen LogP contribution in [0.5, 0.6) is 0 Å². The van der Waals surface area contributed by atoms with E-state index in [1.54, 1.807) is 0 Å². The highest BCUT2D eigenvalue weighted by Crippen LogP contribution is 1.96. The summed E-state index contributed by atoms with van der Waals surface area (Å²) in [6.45, 7) is 6.54. The fourth-order valence-electron chi connectivity index (χ4n) is 0.436. The van der Waals surface area contributed by atoms with Crippen molar-refractivity contribution in [1.29, 1.82) is 0 Å². The molecule has 0 amide bonds. The number of nitrogens with two attached hydrogens (primary N) is 1. The molecule has 0 aliphatic heterocycles. The summed E-state index contributed by atoms with van der Waals surface area (Å²) in [5.74, 6) is 0.0509. The zero-order chi connectivity index (χ0) is 8.20. The third-order valence-corrected chi connectivity index (χ3v) is 1.04. The Morgan fingerprint density at radius 2 is 2.00 bits per heavy atom. The van der Waals surface area contributed by atoms with Gasteiger partial charge in [-0.15, -0.1) is 0 Å². The molecule has 0 aliphatic carbocycles. The molecule has 0 unspecified atom stereocenters. The van der Waals surface area contributed by atoms with Crippen molar-refractivity contribution in [2.75, 3.05) is 13.1 Å². The van der Waals surface area contributed by atoms with Gasteiger partial charge in [0, 0.05) is 5.54 Å². The minimum atomic E-state index is 0.00479. The van der Waals surface area contributed by atoms with Crippen molar-refractivity contribution in [2.24, 2.45) is 5.73 Å². The molecule has 0 saturated carbocycles. The average Bonchev–Trinajstić information content (AvgIpc) is 1.81. The maximum Gasteiger partial charge on any atom is 0.160 e. The van der Waals surface area contributed by atoms with Gasteiger partial charge in [0.05, 0.1) is 13.1 Å². The maximum absolute atomic E-state index is 10.7. The zero-order valence-electron chi connectivity index (χ0n) is 6.90. The largest absolute Gasteiger partial charge is 0.324 e. The molecule has 0 heterocycles. The maximum atomic E-state index is 10.7. The molecule has 0 rings (SSSR count). The molecular formula is C7H16N2O. The van der Waals surface area contributed by atoms with Crippen molar-refractivity contribution in [2.45, 2.75) is 26.3 Å². The Balaban J connectivity index is 3.46. The first-order valence-electron chi connectivity index (χ1n) is 3.42. The second-order valence-electron chi connectivity index (χ2n) is 3.35. The van der Waals surface area contributed by atoms with E-state index in [0.29, 0.717) is 6.54 Å². The third-order valence-electron chi connectivity index (χ3n) is 1.04. The molecule has 0 aliphatic rings. The lowest BCUT2D eigenvalue weighted by Gasteiger charge is -2.19. The molecule has 60 valence electrons. The van der Waals surface area contributed by atoms with Gasteiger partial charge in [0.2, 0.25) is 0 Å². The average molecular weight is 144 g/mol. The number of hydrogen-bond donors (Lipinski definition) is 2. The van der Waals surface area contributed by atoms with Crippen LogP contribution < -0.4 is 11.1 Å². The van der Waals surface area contributed by atoms with E-state index in [1.807, 2.05) is 20.8 Å². The molecule has 0 fully saturated rings. The first kappa shape index (κ1) is 9.59. The van der Waals surface area contributed by atoms with Gasteiger partial charge >= 0.3 is 0 Å². The highest BCUT2D eigenvalue weighted by Gasteiger charge is 2.09. The minimum absolute atomic E-state index is 0.00479. The third kappa shape index (κ3) is 5.72. The predicted molar refractivity (Wildman–Crippen MR) is 41.8 cm³/mol. The minimum Gasteiger partial charge on any atom is -0.324 e. The highest BCUT2D eigenvalue weighted by atomic mass is 16.1. The number of ketones is 1. The number of hydrogen-bond acceptors (Lipinski definition) is 3. The summed E-state index contributed by atoms with van der Waals surface area (Å²) in [7, 11) is 0. The van der Waals surface area contributed by atoms with Gasteiger partial charge in [0.1, 0.15) is 0 Å². The van der Waals surface area contributed by atoms with Crippen LogP contribution in [0.15, 0.2) is 0 Å². The molecular weight excluding hydrogens is 128 g/mol. The summed E-state index contributed by atoms with van der Waals surface area (Å²) >= 11 is 0. The lowest BCUT2D eigenvalue weighted by atomic mass is 10.1. The highest BCUT2D eigenvalue weighted by molar-refractivity contribution is 5.82. The van der Waals surface area contributed by atoms with E-state index in [0.717, 1.165) is 0 Å². The molecule has 0 aromatic rings. The standard InChI is InChI=1S/C7H16N2O/c1-7(2,3)9-5-6(10)4-8/h9H,4-5,8H2,1-3H3. The molecule has 3 heteroatoms. The Hall–Kier alpha value is -0.410. The lowest BCUT2D eigenvalue weighted by Crippen LogP contribution is -2.40. The number of rotatable bonds is 3. The molecule has 3 nitrogen and oxygen atoms in total. The molecule has 0 aromatic heterocycles. The lowest BCUT2D eigenvalue weighted by molar-refractivity contribution is -0.117. The van der Waals surface area contributed by atoms with Crippen LogP contribution in [0, 0.1) is 0 Å². The quantitative estimate of drug-likeness (QED) is 0.581. The van der Waals surface area contributed by atoms with E-state index >= 15 is 0 Å². The number of Topliss-reactive ketones (excluding diaryl/α,β-unsaturated/α-hetero) is 1. The topological polar surface area (TPSA) is 55.1 Å². The van der Waals surface area contributed by atoms with Gasteiger partial charge in [0.15, 0.2) is 5.78 Å². The summed E-state index contributed by atoms with van der Waals surface area (Å²) in [6.07, 6.45) is 0. The molecule has 0 spiro atoms. The van der Waals surface area contributed by atoms with Gasteiger partial charge in [-0.1, -0.05) is 0 Å². The Bertz CT molecular complexity index is 115. The second-order valence-corrected chi connectivity index (χ2v) is 3.35. The molecule has 3 N–H and O–H groups in total. The summed E-state index contributed by atoms with van der Waals surface area (Å²) in [6, 6.07) is 0. The number of carbonyl (C=O) groups is 1. The van der Waals surface area contributed by atoms with Crippen molar-refractivity contribution in [1.82, 2.24) is 5.32 Å². The van der Waals surface area contributed by atoms with Crippen molar-refractivity contribution in [3.05, 3.63) is 0 Å². The van der Waals surface area contributed by atoms with Crippen LogP contribution >= 0.6 is 0 Å². The summed E-state index contributed by atoms with van der Waals surface area (Å²) < 4.78 is 0. The van der Waals surface area contributed by atoms with Crippen molar-refractivity contribution in [3.63, 3.8) is 0 Å². The van der Waals surface area contributed by atoms with Gasteiger partial charge < -0.3 is 11.1 Å². The fraction of sp³-hybridized carbons (Fsp3) is 0.857. The van der Waals surface area contributed by atoms with E-state index in [9.17, 15) is 4.79 Å². The van der Waals surface area contributed by atoms with Gasteiger partial charge in [-0.3, -0.25) is 4.79 Å². The van der Waals surface area contributed by atoms with Gasteiger partial charge in [-0.2, -0.15) is 0 Å². The normalized spacial score (nSPS) is 11.6. The summed E-state index contributed by atoms with van der Waals surface area (Å²) in [4.78, 5) is 10.7. The van der Waals surface area contributed by atoms with Crippen molar-refractivity contribution in [3.8, 4) is 0 Å². The van der Waals surface area contributed by atoms with E-state index in [1.165, 1.54) is 0 Å². The summed E-state index contributed by atoms with van der Waals surface area (Å²) in [5, 5.41) is 3.04. The van der Waals surface area contributed by atoms with Crippen LogP contribution in [0.4, 0.5) is 0 Å². The van der Waals surface area contributed by atoms with Crippen molar-refractivity contribution < 1.29 is 4.79 Å². The zero-order valence-corrected chi connectivity index (χ0v) is 6.90. The molecule has 0 saturated heterocycles. The smallest absolute Gasteiger partial charge is 0.160 e. The van der Waals surface area contributed by atoms with Gasteiger partial charge in [0.25, 0.3) is 0 Å². The first-order valence-corrected chi connectivity index (χ1v) is 3.42. The summed E-state index contributed by atoms with van der Waals surface area (Å²) in [5.41, 5.74) is 5.12. The number of carbonyl (C=O) groups excluding carboxylic acids is 1. The van der Waals surface area contributed by atoms with Gasteiger partial charge in [-0.05, 0) is 20.8 Å². The van der Waals surface area contributed by atoms with Crippen molar-refractivity contribution >= 4 is 5.78 Å². The Kier molecular flexibility index (Phi) is 3.53. The fourth-order valence-corrected chi connectivity index (χ4v) is 0.436. The van der Waals surface area contributed by atoms with Crippen LogP contribution in [0.3, 0.4) is 0 Å². The molecule has 0 atom stereocenters. The van der Waals surface area contributed by atoms with Crippen LogP contribution in [-0.4, -0.2) is 24.4 Å². The Morgan fingerprint density at radius 3 is 2.30 bits per heavy atom. The second kappa shape index (κ2) is 3.68. The number of nitrogens with one attached hydrogen (secondary N) is 1.